The summed E-state index contributed by atoms with van der Waals surface area (Å²) >= 11 is 12.4. The third-order valence-electron chi connectivity index (χ3n) is 4.32. The van der Waals surface area contributed by atoms with Gasteiger partial charge in [0.25, 0.3) is 0 Å². The smallest absolute Gasteiger partial charge is 0.227 e. The summed E-state index contributed by atoms with van der Waals surface area (Å²) in [5, 5.41) is 11.3. The summed E-state index contributed by atoms with van der Waals surface area (Å²) in [6, 6.07) is 11.1. The molecule has 0 spiro atoms. The van der Waals surface area contributed by atoms with Gasteiger partial charge in [-0.15, -0.1) is 0 Å². The Morgan fingerprint density at radius 2 is 1.79 bits per heavy atom. The lowest BCUT2D eigenvalue weighted by molar-refractivity contribution is -0.120. The maximum atomic E-state index is 13.9. The van der Waals surface area contributed by atoms with Crippen LogP contribution in [-0.2, 0) is 4.79 Å². The number of para-hydroxylation sites is 1. The van der Waals surface area contributed by atoms with Gasteiger partial charge in [0.05, 0.1) is 21.8 Å². The third-order valence-corrected chi connectivity index (χ3v) is 4.93. The average molecular weight is 368 g/mol. The van der Waals surface area contributed by atoms with E-state index < -0.39 is 11.9 Å². The number of hydrogen-bond acceptors (Lipinski definition) is 2. The van der Waals surface area contributed by atoms with Gasteiger partial charge in [-0.2, -0.15) is 0 Å². The van der Waals surface area contributed by atoms with Gasteiger partial charge in [-0.25, -0.2) is 4.39 Å². The van der Waals surface area contributed by atoms with Crippen LogP contribution >= 0.6 is 23.2 Å². The summed E-state index contributed by atoms with van der Waals surface area (Å²) < 4.78 is 13.9. The summed E-state index contributed by atoms with van der Waals surface area (Å²) in [7, 11) is 0. The zero-order valence-corrected chi connectivity index (χ0v) is 14.3. The molecule has 0 radical (unpaired) electrons. The highest BCUT2D eigenvalue weighted by molar-refractivity contribution is 6.39. The van der Waals surface area contributed by atoms with Gasteiger partial charge in [-0.3, -0.25) is 4.79 Å². The molecule has 2 aromatic carbocycles. The SMILES string of the molecule is O=C1CC[C@H]([C@@H](O)c2ccccc2F)CN1c1c(Cl)cccc1Cl. The van der Waals surface area contributed by atoms with Gasteiger partial charge in [0.2, 0.25) is 5.91 Å². The van der Waals surface area contributed by atoms with Crippen LogP contribution in [0.2, 0.25) is 10.0 Å². The molecule has 3 rings (SSSR count). The van der Waals surface area contributed by atoms with Crippen molar-refractivity contribution in [1.82, 2.24) is 0 Å². The lowest BCUT2D eigenvalue weighted by Gasteiger charge is -2.36. The van der Waals surface area contributed by atoms with E-state index in [-0.39, 0.29) is 30.4 Å². The zero-order valence-electron chi connectivity index (χ0n) is 12.8. The number of carbonyl (C=O) groups excluding carboxylic acids is 1. The number of rotatable bonds is 3. The monoisotopic (exact) mass is 367 g/mol. The van der Waals surface area contributed by atoms with Crippen LogP contribution in [0.1, 0.15) is 24.5 Å². The number of halogens is 3. The van der Waals surface area contributed by atoms with E-state index in [2.05, 4.69) is 0 Å². The molecule has 6 heteroatoms. The second kappa shape index (κ2) is 7.09. The van der Waals surface area contributed by atoms with Crippen LogP contribution in [0.4, 0.5) is 10.1 Å². The Balaban J connectivity index is 1.89. The maximum Gasteiger partial charge on any atom is 0.227 e. The molecule has 0 aromatic heterocycles. The highest BCUT2D eigenvalue weighted by Crippen LogP contribution is 2.39. The van der Waals surface area contributed by atoms with E-state index in [4.69, 9.17) is 23.2 Å². The normalized spacial score (nSPS) is 19.4. The van der Waals surface area contributed by atoms with Gasteiger partial charge < -0.3 is 10.0 Å². The Morgan fingerprint density at radius 3 is 2.46 bits per heavy atom. The highest BCUT2D eigenvalue weighted by atomic mass is 35.5. The lowest BCUT2D eigenvalue weighted by atomic mass is 9.88. The number of carbonyl (C=O) groups is 1. The van der Waals surface area contributed by atoms with Crippen molar-refractivity contribution in [3.63, 3.8) is 0 Å². The number of anilines is 1. The average Bonchev–Trinajstić information content (AvgIpc) is 2.56. The molecule has 2 atom stereocenters. The highest BCUT2D eigenvalue weighted by Gasteiger charge is 2.34. The third kappa shape index (κ3) is 3.27. The molecule has 0 aliphatic carbocycles. The molecule has 1 aliphatic rings. The van der Waals surface area contributed by atoms with Crippen molar-refractivity contribution in [1.29, 1.82) is 0 Å². The maximum absolute atomic E-state index is 13.9. The topological polar surface area (TPSA) is 40.5 Å². The summed E-state index contributed by atoms with van der Waals surface area (Å²) in [6.07, 6.45) is -0.270. The van der Waals surface area contributed by atoms with Gasteiger partial charge in [0.1, 0.15) is 5.82 Å². The van der Waals surface area contributed by atoms with Crippen molar-refractivity contribution in [3.8, 4) is 0 Å². The van der Waals surface area contributed by atoms with Crippen molar-refractivity contribution in [2.75, 3.05) is 11.4 Å². The molecule has 1 aliphatic heterocycles. The molecule has 24 heavy (non-hydrogen) atoms. The van der Waals surface area contributed by atoms with Crippen LogP contribution < -0.4 is 4.90 Å². The minimum Gasteiger partial charge on any atom is -0.388 e. The summed E-state index contributed by atoms with van der Waals surface area (Å²) in [5.74, 6) is -0.863. The number of aliphatic hydroxyl groups excluding tert-OH is 1. The van der Waals surface area contributed by atoms with Gasteiger partial charge in [0.15, 0.2) is 0 Å². The number of benzene rings is 2. The Kier molecular flexibility index (Phi) is 5.09. The van der Waals surface area contributed by atoms with Gasteiger partial charge in [-0.1, -0.05) is 47.5 Å². The number of hydrogen-bond donors (Lipinski definition) is 1. The minimum atomic E-state index is -0.997. The summed E-state index contributed by atoms with van der Waals surface area (Å²) in [6.45, 7) is 0.234. The first kappa shape index (κ1) is 17.2. The van der Waals surface area contributed by atoms with E-state index in [0.29, 0.717) is 22.2 Å². The van der Waals surface area contributed by atoms with Crippen LogP contribution in [0.3, 0.4) is 0 Å². The van der Waals surface area contributed by atoms with Crippen LogP contribution in [0.15, 0.2) is 42.5 Å². The Bertz CT molecular complexity index is 748. The summed E-state index contributed by atoms with van der Waals surface area (Å²) in [4.78, 5) is 13.8. The van der Waals surface area contributed by atoms with Gasteiger partial charge in [-0.05, 0) is 24.6 Å². The van der Waals surface area contributed by atoms with E-state index >= 15 is 0 Å². The second-order valence-electron chi connectivity index (χ2n) is 5.84. The zero-order chi connectivity index (χ0) is 17.3. The number of nitrogens with zero attached hydrogens (tertiary/aromatic N) is 1. The predicted octanol–water partition coefficient (Wildman–Crippen LogP) is 4.61. The van der Waals surface area contributed by atoms with Crippen molar-refractivity contribution < 1.29 is 14.3 Å². The van der Waals surface area contributed by atoms with Crippen LogP contribution in [0, 0.1) is 11.7 Å². The Labute approximate surface area is 149 Å². The van der Waals surface area contributed by atoms with E-state index in [1.807, 2.05) is 0 Å². The molecular weight excluding hydrogens is 352 g/mol. The molecule has 126 valence electrons. The predicted molar refractivity (Wildman–Crippen MR) is 92.9 cm³/mol. The van der Waals surface area contributed by atoms with Crippen LogP contribution in [-0.4, -0.2) is 17.6 Å². The van der Waals surface area contributed by atoms with E-state index in [1.165, 1.54) is 11.0 Å². The molecule has 1 fully saturated rings. The fourth-order valence-electron chi connectivity index (χ4n) is 3.06. The fraction of sp³-hybridized carbons (Fsp3) is 0.278. The quantitative estimate of drug-likeness (QED) is 0.860. The van der Waals surface area contributed by atoms with Crippen LogP contribution in [0.5, 0.6) is 0 Å². The van der Waals surface area contributed by atoms with Gasteiger partial charge in [0, 0.05) is 24.4 Å². The Morgan fingerprint density at radius 1 is 1.12 bits per heavy atom. The van der Waals surface area contributed by atoms with Crippen molar-refractivity contribution in [3.05, 3.63) is 63.9 Å². The van der Waals surface area contributed by atoms with Crippen molar-refractivity contribution in [2.24, 2.45) is 5.92 Å². The molecule has 1 N–H and O–H groups in total. The van der Waals surface area contributed by atoms with Crippen LogP contribution in [0.25, 0.3) is 0 Å². The standard InChI is InChI=1S/C18H16Cl2FNO2/c19-13-5-3-6-14(20)17(13)22-10-11(8-9-16(22)23)18(24)12-4-1-2-7-15(12)21/h1-7,11,18,24H,8-10H2/t11-,18+/m0/s1. The molecule has 1 saturated heterocycles. The largest absolute Gasteiger partial charge is 0.388 e. The Hall–Kier alpha value is -1.62. The molecule has 1 heterocycles. The minimum absolute atomic E-state index is 0.109. The second-order valence-corrected chi connectivity index (χ2v) is 6.65. The first-order valence-electron chi connectivity index (χ1n) is 7.66. The first-order valence-corrected chi connectivity index (χ1v) is 8.41. The number of piperidine rings is 1. The molecular formula is C18H16Cl2FNO2. The van der Waals surface area contributed by atoms with Gasteiger partial charge >= 0.3 is 0 Å². The molecule has 1 amide bonds. The van der Waals surface area contributed by atoms with Crippen molar-refractivity contribution >= 4 is 34.8 Å². The number of aliphatic hydroxyl groups is 1. The van der Waals surface area contributed by atoms with E-state index in [9.17, 15) is 14.3 Å². The lowest BCUT2D eigenvalue weighted by Crippen LogP contribution is -2.42. The van der Waals surface area contributed by atoms with Crippen molar-refractivity contribution in [2.45, 2.75) is 18.9 Å². The molecule has 2 aromatic rings. The fourth-order valence-corrected chi connectivity index (χ4v) is 3.66. The number of amides is 1. The molecule has 0 unspecified atom stereocenters. The molecule has 0 saturated carbocycles. The first-order chi connectivity index (χ1) is 11.5. The molecule has 3 nitrogen and oxygen atoms in total. The molecule has 0 bridgehead atoms. The summed E-state index contributed by atoms with van der Waals surface area (Å²) in [5.41, 5.74) is 0.679. The van der Waals surface area contributed by atoms with E-state index in [1.54, 1.807) is 36.4 Å². The van der Waals surface area contributed by atoms with E-state index in [0.717, 1.165) is 0 Å².